The van der Waals surface area contributed by atoms with Crippen molar-refractivity contribution in [2.45, 2.75) is 39.2 Å². The van der Waals surface area contributed by atoms with E-state index in [9.17, 15) is 14.7 Å². The number of carbonyl (C=O) groups is 2. The van der Waals surface area contributed by atoms with Gasteiger partial charge >= 0.3 is 5.97 Å². The Kier molecular flexibility index (Phi) is 3.35. The summed E-state index contributed by atoms with van der Waals surface area (Å²) in [5, 5.41) is 12.0. The smallest absolute Gasteiger partial charge is 0.329 e. The van der Waals surface area contributed by atoms with Crippen LogP contribution in [-0.4, -0.2) is 22.5 Å². The van der Waals surface area contributed by atoms with Gasteiger partial charge in [-0.05, 0) is 51.2 Å². The van der Waals surface area contributed by atoms with Crippen LogP contribution in [0.4, 0.5) is 0 Å². The normalized spacial score (nSPS) is 17.6. The van der Waals surface area contributed by atoms with Gasteiger partial charge in [-0.25, -0.2) is 4.79 Å². The molecule has 1 aromatic carbocycles. The Balaban J connectivity index is 2.25. The van der Waals surface area contributed by atoms with Gasteiger partial charge in [0.15, 0.2) is 0 Å². The number of hydrogen-bond donors (Lipinski definition) is 2. The molecule has 0 aliphatic heterocycles. The minimum absolute atomic E-state index is 0.0408. The summed E-state index contributed by atoms with van der Waals surface area (Å²) < 4.78 is 0. The molecular weight excluding hydrogens is 242 g/mol. The van der Waals surface area contributed by atoms with E-state index in [-0.39, 0.29) is 11.8 Å². The Morgan fingerprint density at radius 3 is 2.47 bits per heavy atom. The van der Waals surface area contributed by atoms with Crippen LogP contribution in [-0.2, 0) is 4.79 Å². The number of aryl methyl sites for hydroxylation is 2. The molecule has 1 aromatic rings. The lowest BCUT2D eigenvalue weighted by Gasteiger charge is -2.26. The first-order valence-corrected chi connectivity index (χ1v) is 6.48. The third kappa shape index (κ3) is 2.62. The topological polar surface area (TPSA) is 66.4 Å². The van der Waals surface area contributed by atoms with E-state index >= 15 is 0 Å². The lowest BCUT2D eigenvalue weighted by atomic mass is 9.94. The molecule has 2 N–H and O–H groups in total. The van der Waals surface area contributed by atoms with Crippen LogP contribution in [0.25, 0.3) is 0 Å². The molecule has 1 fully saturated rings. The maximum absolute atomic E-state index is 12.3. The van der Waals surface area contributed by atoms with Crippen LogP contribution < -0.4 is 5.32 Å². The lowest BCUT2D eigenvalue weighted by molar-refractivity contribution is -0.144. The van der Waals surface area contributed by atoms with Crippen LogP contribution in [0, 0.1) is 19.8 Å². The van der Waals surface area contributed by atoms with Crippen molar-refractivity contribution in [2.75, 3.05) is 0 Å². The van der Waals surface area contributed by atoms with Crippen LogP contribution in [0.15, 0.2) is 18.2 Å². The summed E-state index contributed by atoms with van der Waals surface area (Å²) >= 11 is 0. The number of nitrogens with one attached hydrogen (secondary N) is 1. The molecule has 0 heterocycles. The minimum Gasteiger partial charge on any atom is -0.480 e. The van der Waals surface area contributed by atoms with Crippen LogP contribution in [0.5, 0.6) is 0 Å². The Labute approximate surface area is 112 Å². The number of benzene rings is 1. The van der Waals surface area contributed by atoms with Crippen molar-refractivity contribution in [3.05, 3.63) is 34.9 Å². The van der Waals surface area contributed by atoms with Crippen LogP contribution in [0.2, 0.25) is 0 Å². The number of carboxylic acids is 1. The molecule has 4 heteroatoms. The van der Waals surface area contributed by atoms with Gasteiger partial charge in [-0.15, -0.1) is 0 Å². The van der Waals surface area contributed by atoms with E-state index in [0.29, 0.717) is 5.56 Å². The molecule has 2 rings (SSSR count). The van der Waals surface area contributed by atoms with E-state index in [4.69, 9.17) is 0 Å². The van der Waals surface area contributed by atoms with Gasteiger partial charge in [0.2, 0.25) is 0 Å². The van der Waals surface area contributed by atoms with Gasteiger partial charge < -0.3 is 10.4 Å². The maximum atomic E-state index is 12.3. The van der Waals surface area contributed by atoms with E-state index in [2.05, 4.69) is 5.32 Å². The zero-order chi connectivity index (χ0) is 14.2. The summed E-state index contributed by atoms with van der Waals surface area (Å²) in [7, 11) is 0. The molecule has 1 aliphatic rings. The van der Waals surface area contributed by atoms with Crippen molar-refractivity contribution in [1.29, 1.82) is 0 Å². The van der Waals surface area contributed by atoms with Crippen molar-refractivity contribution < 1.29 is 14.7 Å². The second-order valence-corrected chi connectivity index (χ2v) is 5.55. The largest absolute Gasteiger partial charge is 0.480 e. The van der Waals surface area contributed by atoms with Crippen molar-refractivity contribution in [1.82, 2.24) is 5.32 Å². The minimum atomic E-state index is -1.16. The van der Waals surface area contributed by atoms with E-state index in [1.54, 1.807) is 13.0 Å². The van der Waals surface area contributed by atoms with Crippen LogP contribution in [0.3, 0.4) is 0 Å². The fraction of sp³-hybridized carbons (Fsp3) is 0.467. The molecule has 1 aliphatic carbocycles. The Bertz CT molecular complexity index is 534. The molecule has 0 radical (unpaired) electrons. The first-order valence-electron chi connectivity index (χ1n) is 6.48. The predicted molar refractivity (Wildman–Crippen MR) is 72.1 cm³/mol. The monoisotopic (exact) mass is 261 g/mol. The highest BCUT2D eigenvalue weighted by atomic mass is 16.4. The number of hydrogen-bond acceptors (Lipinski definition) is 2. The molecule has 1 atom stereocenters. The van der Waals surface area contributed by atoms with Gasteiger partial charge in [-0.2, -0.15) is 0 Å². The summed E-state index contributed by atoms with van der Waals surface area (Å²) in [6.07, 6.45) is 1.71. The maximum Gasteiger partial charge on any atom is 0.329 e. The Morgan fingerprint density at radius 2 is 1.95 bits per heavy atom. The molecule has 4 nitrogen and oxygen atoms in total. The average Bonchev–Trinajstić information content (AvgIpc) is 3.16. The number of rotatable bonds is 4. The zero-order valence-corrected chi connectivity index (χ0v) is 11.5. The van der Waals surface area contributed by atoms with Crippen LogP contribution >= 0.6 is 0 Å². The number of carboxylic acid groups (broad SMARTS) is 1. The van der Waals surface area contributed by atoms with Crippen molar-refractivity contribution in [2.24, 2.45) is 5.92 Å². The lowest BCUT2D eigenvalue weighted by Crippen LogP contribution is -2.54. The Hall–Kier alpha value is -1.84. The quantitative estimate of drug-likeness (QED) is 0.873. The molecule has 0 aromatic heterocycles. The predicted octanol–water partition coefficient (Wildman–Crippen LogP) is 2.29. The molecule has 0 spiro atoms. The fourth-order valence-electron chi connectivity index (χ4n) is 2.27. The average molecular weight is 261 g/mol. The van der Waals surface area contributed by atoms with Gasteiger partial charge in [0.1, 0.15) is 5.54 Å². The highest BCUT2D eigenvalue weighted by Crippen LogP contribution is 2.39. The van der Waals surface area contributed by atoms with E-state index < -0.39 is 11.5 Å². The van der Waals surface area contributed by atoms with Crippen LogP contribution in [0.1, 0.15) is 41.3 Å². The van der Waals surface area contributed by atoms with Gasteiger partial charge in [-0.3, -0.25) is 4.79 Å². The van der Waals surface area contributed by atoms with E-state index in [1.165, 1.54) is 0 Å². The highest BCUT2D eigenvalue weighted by molar-refractivity contribution is 5.99. The molecular formula is C15H19NO3. The fourth-order valence-corrected chi connectivity index (χ4v) is 2.27. The van der Waals surface area contributed by atoms with E-state index in [0.717, 1.165) is 24.0 Å². The van der Waals surface area contributed by atoms with Crippen molar-refractivity contribution >= 4 is 11.9 Å². The summed E-state index contributed by atoms with van der Waals surface area (Å²) in [5.74, 6) is -1.23. The van der Waals surface area contributed by atoms with Gasteiger partial charge in [-0.1, -0.05) is 17.7 Å². The second kappa shape index (κ2) is 4.68. The summed E-state index contributed by atoms with van der Waals surface area (Å²) in [6, 6.07) is 5.60. The summed E-state index contributed by atoms with van der Waals surface area (Å²) in [5.41, 5.74) is 1.23. The molecule has 0 bridgehead atoms. The Morgan fingerprint density at radius 1 is 1.32 bits per heavy atom. The van der Waals surface area contributed by atoms with Crippen molar-refractivity contribution in [3.63, 3.8) is 0 Å². The SMILES string of the molecule is Cc1ccc(C)c(C(=O)NC(C)(C(=O)O)C2CC2)c1. The van der Waals surface area contributed by atoms with Crippen molar-refractivity contribution in [3.8, 4) is 0 Å². The molecule has 1 saturated carbocycles. The van der Waals surface area contributed by atoms with E-state index in [1.807, 2.05) is 26.0 Å². The first-order chi connectivity index (χ1) is 8.84. The molecule has 1 unspecified atom stereocenters. The third-order valence-electron chi connectivity index (χ3n) is 3.85. The third-order valence-corrected chi connectivity index (χ3v) is 3.85. The summed E-state index contributed by atoms with van der Waals surface area (Å²) in [6.45, 7) is 5.35. The highest BCUT2D eigenvalue weighted by Gasteiger charge is 2.48. The molecule has 19 heavy (non-hydrogen) atoms. The zero-order valence-electron chi connectivity index (χ0n) is 11.5. The number of amides is 1. The second-order valence-electron chi connectivity index (χ2n) is 5.55. The first kappa shape index (κ1) is 13.6. The molecule has 1 amide bonds. The molecule has 0 saturated heterocycles. The van der Waals surface area contributed by atoms with Gasteiger partial charge in [0.25, 0.3) is 5.91 Å². The summed E-state index contributed by atoms with van der Waals surface area (Å²) in [4.78, 5) is 23.7. The number of aliphatic carboxylic acids is 1. The van der Waals surface area contributed by atoms with Gasteiger partial charge in [0.05, 0.1) is 0 Å². The number of carbonyl (C=O) groups excluding carboxylic acids is 1. The standard InChI is InChI=1S/C15H19NO3/c1-9-4-5-10(2)12(8-9)13(17)16-15(3,14(18)19)11-6-7-11/h4-5,8,11H,6-7H2,1-3H3,(H,16,17)(H,18,19). The van der Waals surface area contributed by atoms with Gasteiger partial charge in [0, 0.05) is 5.56 Å². The molecule has 102 valence electrons.